The number of nitrogens with one attached hydrogen (secondary N) is 3. The summed E-state index contributed by atoms with van der Waals surface area (Å²) in [6, 6.07) is 12.7. The number of aromatic amines is 1. The van der Waals surface area contributed by atoms with Crippen LogP contribution in [0.5, 0.6) is 0 Å². The maximum absolute atomic E-state index is 7.67. The third-order valence-corrected chi connectivity index (χ3v) is 5.47. The summed E-state index contributed by atoms with van der Waals surface area (Å²) in [6.45, 7) is 2.09. The van der Waals surface area contributed by atoms with Crippen molar-refractivity contribution in [2.24, 2.45) is 10.9 Å². The van der Waals surface area contributed by atoms with Crippen molar-refractivity contribution < 1.29 is 0 Å². The molecule has 1 aliphatic rings. The number of aryl methyl sites for hydroxylation is 1. The lowest BCUT2D eigenvalue weighted by molar-refractivity contribution is 0.620. The molecule has 0 fully saturated rings. The van der Waals surface area contributed by atoms with Crippen molar-refractivity contribution in [2.75, 3.05) is 0 Å². The van der Waals surface area contributed by atoms with E-state index < -0.39 is 0 Å². The van der Waals surface area contributed by atoms with Crippen LogP contribution in [0.4, 0.5) is 0 Å². The van der Waals surface area contributed by atoms with E-state index in [1.54, 1.807) is 0 Å². The summed E-state index contributed by atoms with van der Waals surface area (Å²) in [5.74, 6) is 0.333. The number of aliphatic imine (C=N–C) groups is 1. The molecule has 3 aromatic rings. The van der Waals surface area contributed by atoms with Crippen molar-refractivity contribution in [2.45, 2.75) is 32.6 Å². The van der Waals surface area contributed by atoms with Crippen LogP contribution in [-0.4, -0.2) is 28.1 Å². The third-order valence-electron chi connectivity index (χ3n) is 5.47. The molecule has 1 aliphatic heterocycles. The fourth-order valence-corrected chi connectivity index (χ4v) is 3.89. The predicted octanol–water partition coefficient (Wildman–Crippen LogP) is 5.67. The summed E-state index contributed by atoms with van der Waals surface area (Å²) in [5, 5.41) is 16.0. The van der Waals surface area contributed by atoms with Crippen LogP contribution >= 0.6 is 0 Å². The van der Waals surface area contributed by atoms with Gasteiger partial charge in [-0.1, -0.05) is 29.8 Å². The monoisotopic (exact) mass is 383 g/mol. The van der Waals surface area contributed by atoms with Crippen LogP contribution in [0.2, 0.25) is 0 Å². The lowest BCUT2D eigenvalue weighted by atomic mass is 9.86. The smallest absolute Gasteiger partial charge is 0.137 e. The highest BCUT2D eigenvalue weighted by Crippen LogP contribution is 2.38. The summed E-state index contributed by atoms with van der Waals surface area (Å²) in [6.07, 6.45) is 10.4. The molecule has 0 aliphatic carbocycles. The fourth-order valence-electron chi connectivity index (χ4n) is 3.89. The van der Waals surface area contributed by atoms with Crippen LogP contribution in [0.3, 0.4) is 0 Å². The minimum absolute atomic E-state index is 0.333. The third kappa shape index (κ3) is 4.09. The van der Waals surface area contributed by atoms with Gasteiger partial charge in [0.2, 0.25) is 0 Å². The summed E-state index contributed by atoms with van der Waals surface area (Å²) >= 11 is 0. The second-order valence-corrected chi connectivity index (χ2v) is 7.60. The van der Waals surface area contributed by atoms with Gasteiger partial charge in [0.25, 0.3) is 0 Å². The molecule has 0 spiro atoms. The van der Waals surface area contributed by atoms with E-state index in [0.29, 0.717) is 18.1 Å². The zero-order valence-corrected chi connectivity index (χ0v) is 16.6. The van der Waals surface area contributed by atoms with E-state index in [2.05, 4.69) is 59.5 Å². The number of hydrogen-bond acceptors (Lipinski definition) is 4. The minimum Gasteiger partial charge on any atom is -0.346 e. The van der Waals surface area contributed by atoms with E-state index in [4.69, 9.17) is 15.8 Å². The molecular formula is C24H25N5. The number of nitrogens with zero attached hydrogens (tertiary/aromatic N) is 2. The summed E-state index contributed by atoms with van der Waals surface area (Å²) in [4.78, 5) is 12.6. The lowest BCUT2D eigenvalue weighted by Crippen LogP contribution is -2.11. The minimum atomic E-state index is 0.333. The van der Waals surface area contributed by atoms with Gasteiger partial charge in [0, 0.05) is 41.5 Å². The van der Waals surface area contributed by atoms with Crippen molar-refractivity contribution in [3.63, 3.8) is 0 Å². The first-order chi connectivity index (χ1) is 14.2. The number of rotatable bonds is 7. The van der Waals surface area contributed by atoms with E-state index in [0.717, 1.165) is 47.8 Å². The number of aromatic nitrogens is 2. The molecule has 29 heavy (non-hydrogen) atoms. The molecule has 0 bridgehead atoms. The molecule has 5 nitrogen and oxygen atoms in total. The van der Waals surface area contributed by atoms with Crippen molar-refractivity contribution in [3.05, 3.63) is 65.5 Å². The van der Waals surface area contributed by atoms with Crippen LogP contribution in [-0.2, 0) is 0 Å². The largest absolute Gasteiger partial charge is 0.346 e. The Morgan fingerprint density at radius 3 is 2.83 bits per heavy atom. The Kier molecular flexibility index (Phi) is 5.47. The first kappa shape index (κ1) is 19.0. The molecule has 5 heteroatoms. The first-order valence-corrected chi connectivity index (χ1v) is 10.0. The maximum Gasteiger partial charge on any atom is 0.137 e. The van der Waals surface area contributed by atoms with Gasteiger partial charge >= 0.3 is 0 Å². The molecule has 3 N–H and O–H groups in total. The quantitative estimate of drug-likeness (QED) is 0.451. The van der Waals surface area contributed by atoms with Crippen molar-refractivity contribution >= 4 is 40.4 Å². The zero-order valence-electron chi connectivity index (χ0n) is 16.6. The molecule has 0 amide bonds. The Morgan fingerprint density at radius 2 is 2.03 bits per heavy atom. The van der Waals surface area contributed by atoms with Gasteiger partial charge in [-0.2, -0.15) is 0 Å². The topological polar surface area (TPSA) is 88.7 Å². The number of pyridine rings is 1. The molecule has 1 aromatic carbocycles. The highest BCUT2D eigenvalue weighted by atomic mass is 14.8. The SMILES string of the molecule is Cc1ccc(C2=C(c3ccnc4[nH]ccc34)CC(CCCC(=N)C=N)C=N2)cc1. The van der Waals surface area contributed by atoms with E-state index >= 15 is 0 Å². The Bertz CT molecular complexity index is 1100. The second-order valence-electron chi connectivity index (χ2n) is 7.60. The van der Waals surface area contributed by atoms with Gasteiger partial charge in [-0.05, 0) is 61.8 Å². The maximum atomic E-state index is 7.67. The highest BCUT2D eigenvalue weighted by molar-refractivity contribution is 6.27. The van der Waals surface area contributed by atoms with E-state index in [1.165, 1.54) is 16.7 Å². The van der Waals surface area contributed by atoms with Gasteiger partial charge in [0.1, 0.15) is 5.65 Å². The average Bonchev–Trinajstić information content (AvgIpc) is 3.23. The van der Waals surface area contributed by atoms with Crippen LogP contribution < -0.4 is 0 Å². The molecular weight excluding hydrogens is 358 g/mol. The lowest BCUT2D eigenvalue weighted by Gasteiger charge is -2.23. The fraction of sp³-hybridized carbons (Fsp3) is 0.250. The Hall–Kier alpha value is -3.34. The van der Waals surface area contributed by atoms with Crippen LogP contribution in [0.1, 0.15) is 42.4 Å². The normalized spacial score (nSPS) is 16.4. The molecule has 0 saturated heterocycles. The second kappa shape index (κ2) is 8.35. The number of benzene rings is 1. The standard InChI is InChI=1S/C24H25N5/c1-16-5-7-18(8-6-16)23-22(20-9-11-27-24-21(20)10-12-28-24)13-17(15-29-23)3-2-4-19(26)14-25/h5-12,14-15,17,25-26H,2-4,13H2,1H3,(H,27,28). The van der Waals surface area contributed by atoms with Gasteiger partial charge in [0.05, 0.1) is 5.70 Å². The van der Waals surface area contributed by atoms with Gasteiger partial charge < -0.3 is 15.8 Å². The van der Waals surface area contributed by atoms with Crippen molar-refractivity contribution in [1.29, 1.82) is 10.8 Å². The highest BCUT2D eigenvalue weighted by Gasteiger charge is 2.22. The Labute approximate surface area is 170 Å². The van der Waals surface area contributed by atoms with Gasteiger partial charge in [-0.25, -0.2) is 4.98 Å². The molecule has 3 heterocycles. The predicted molar refractivity (Wildman–Crippen MR) is 121 cm³/mol. The molecule has 1 atom stereocenters. The number of fused-ring (bicyclic) bond motifs is 1. The van der Waals surface area contributed by atoms with Gasteiger partial charge in [0.15, 0.2) is 0 Å². The Morgan fingerprint density at radius 1 is 1.21 bits per heavy atom. The summed E-state index contributed by atoms with van der Waals surface area (Å²) < 4.78 is 0. The molecule has 1 unspecified atom stereocenters. The van der Waals surface area contributed by atoms with Crippen LogP contribution in [0.15, 0.2) is 53.8 Å². The molecule has 4 rings (SSSR count). The van der Waals surface area contributed by atoms with Crippen LogP contribution in [0.25, 0.3) is 22.3 Å². The van der Waals surface area contributed by atoms with Crippen LogP contribution in [0, 0.1) is 23.7 Å². The van der Waals surface area contributed by atoms with Crippen molar-refractivity contribution in [3.8, 4) is 0 Å². The number of allylic oxidation sites excluding steroid dienone is 1. The molecule has 2 aromatic heterocycles. The molecule has 146 valence electrons. The number of hydrogen-bond donors (Lipinski definition) is 3. The first-order valence-electron chi connectivity index (χ1n) is 10.0. The zero-order chi connectivity index (χ0) is 20.2. The van der Waals surface area contributed by atoms with E-state index in [9.17, 15) is 0 Å². The summed E-state index contributed by atoms with van der Waals surface area (Å²) in [5.41, 5.74) is 7.10. The number of H-pyrrole nitrogens is 1. The molecule has 0 saturated carbocycles. The van der Waals surface area contributed by atoms with E-state index in [-0.39, 0.29) is 0 Å². The average molecular weight is 383 g/mol. The van der Waals surface area contributed by atoms with E-state index in [1.807, 2.05) is 12.4 Å². The molecule has 0 radical (unpaired) electrons. The van der Waals surface area contributed by atoms with Gasteiger partial charge in [-0.3, -0.25) is 4.99 Å². The summed E-state index contributed by atoms with van der Waals surface area (Å²) in [7, 11) is 0. The Balaban J connectivity index is 1.70. The van der Waals surface area contributed by atoms with Gasteiger partial charge in [-0.15, -0.1) is 0 Å². The van der Waals surface area contributed by atoms with Crippen molar-refractivity contribution in [1.82, 2.24) is 9.97 Å².